The van der Waals surface area contributed by atoms with E-state index in [2.05, 4.69) is 15.5 Å². The number of rotatable bonds is 2. The first-order chi connectivity index (χ1) is 8.74. The molecule has 1 aliphatic rings. The molecule has 1 atom stereocenters. The van der Waals surface area contributed by atoms with Gasteiger partial charge in [-0.2, -0.15) is 5.10 Å². The van der Waals surface area contributed by atoms with Gasteiger partial charge in [-0.3, -0.25) is 9.89 Å². The van der Waals surface area contributed by atoms with Gasteiger partial charge in [-0.15, -0.1) is 0 Å². The zero-order valence-corrected chi connectivity index (χ0v) is 9.61. The number of hydrogen-bond donors (Lipinski definition) is 2. The third-order valence-corrected chi connectivity index (χ3v) is 3.23. The number of benzene rings is 1. The number of nitrogens with zero attached hydrogens (tertiary/aromatic N) is 1. The van der Waals surface area contributed by atoms with E-state index in [0.29, 0.717) is 5.69 Å². The van der Waals surface area contributed by atoms with Crippen molar-refractivity contribution in [2.75, 3.05) is 0 Å². The van der Waals surface area contributed by atoms with E-state index in [9.17, 15) is 9.18 Å². The number of carbonyl (C=O) groups excluding carboxylic acids is 1. The van der Waals surface area contributed by atoms with E-state index in [1.807, 2.05) is 0 Å². The first-order valence-corrected chi connectivity index (χ1v) is 5.82. The number of aromatic amines is 1. The van der Waals surface area contributed by atoms with Crippen molar-refractivity contribution in [1.82, 2.24) is 15.5 Å². The van der Waals surface area contributed by atoms with E-state index in [1.165, 1.54) is 18.3 Å². The fourth-order valence-electron chi connectivity index (χ4n) is 2.35. The average molecular weight is 245 g/mol. The lowest BCUT2D eigenvalue weighted by atomic mass is 10.1. The third kappa shape index (κ3) is 1.88. The van der Waals surface area contributed by atoms with Gasteiger partial charge in [0.15, 0.2) is 0 Å². The van der Waals surface area contributed by atoms with Crippen LogP contribution in [0.2, 0.25) is 0 Å². The molecule has 2 aromatic rings. The smallest absolute Gasteiger partial charge is 0.269 e. The maximum atomic E-state index is 13.1. The van der Waals surface area contributed by atoms with Crippen LogP contribution >= 0.6 is 0 Å². The Morgan fingerprint density at radius 1 is 1.44 bits per heavy atom. The number of H-pyrrole nitrogens is 1. The topological polar surface area (TPSA) is 57.8 Å². The second-order valence-electron chi connectivity index (χ2n) is 4.38. The lowest BCUT2D eigenvalue weighted by Crippen LogP contribution is -2.27. The van der Waals surface area contributed by atoms with Crippen molar-refractivity contribution < 1.29 is 9.18 Å². The van der Waals surface area contributed by atoms with Gasteiger partial charge in [-0.25, -0.2) is 4.39 Å². The minimum atomic E-state index is -0.228. The average Bonchev–Trinajstić information content (AvgIpc) is 2.98. The number of aromatic nitrogens is 2. The van der Waals surface area contributed by atoms with Crippen molar-refractivity contribution in [1.29, 1.82) is 0 Å². The molecule has 0 aliphatic heterocycles. The van der Waals surface area contributed by atoms with Crippen LogP contribution in [0.25, 0.3) is 0 Å². The summed E-state index contributed by atoms with van der Waals surface area (Å²) in [7, 11) is 0. The van der Waals surface area contributed by atoms with Crippen molar-refractivity contribution in [2.45, 2.75) is 18.9 Å². The van der Waals surface area contributed by atoms with Crippen LogP contribution in [-0.4, -0.2) is 16.1 Å². The molecule has 0 saturated carbocycles. The molecule has 5 heteroatoms. The zero-order valence-electron chi connectivity index (χ0n) is 9.61. The molecule has 3 rings (SSSR count). The highest BCUT2D eigenvalue weighted by Gasteiger charge is 2.24. The fourth-order valence-corrected chi connectivity index (χ4v) is 2.35. The van der Waals surface area contributed by atoms with Gasteiger partial charge < -0.3 is 5.32 Å². The van der Waals surface area contributed by atoms with Gasteiger partial charge in [0.05, 0.1) is 6.04 Å². The molecule has 0 bridgehead atoms. The normalized spacial score (nSPS) is 17.5. The number of aryl methyl sites for hydroxylation is 1. The Labute approximate surface area is 103 Å². The van der Waals surface area contributed by atoms with Gasteiger partial charge in [-0.1, -0.05) is 6.07 Å². The predicted molar refractivity (Wildman–Crippen MR) is 63.5 cm³/mol. The second kappa shape index (κ2) is 4.25. The molecule has 92 valence electrons. The Bertz CT molecular complexity index is 580. The van der Waals surface area contributed by atoms with Crippen LogP contribution in [0.4, 0.5) is 4.39 Å². The molecule has 0 radical (unpaired) electrons. The summed E-state index contributed by atoms with van der Waals surface area (Å²) >= 11 is 0. The number of hydrogen-bond acceptors (Lipinski definition) is 2. The van der Waals surface area contributed by atoms with Crippen LogP contribution in [0.1, 0.15) is 34.1 Å². The van der Waals surface area contributed by atoms with Gasteiger partial charge in [0.25, 0.3) is 5.91 Å². The summed E-state index contributed by atoms with van der Waals surface area (Å²) in [4.78, 5) is 11.9. The van der Waals surface area contributed by atoms with Crippen LogP contribution in [-0.2, 0) is 6.42 Å². The van der Waals surface area contributed by atoms with Crippen LogP contribution in [0, 0.1) is 5.82 Å². The van der Waals surface area contributed by atoms with E-state index < -0.39 is 0 Å². The number of carbonyl (C=O) groups is 1. The molecule has 1 aromatic heterocycles. The molecule has 0 spiro atoms. The largest absolute Gasteiger partial charge is 0.344 e. The van der Waals surface area contributed by atoms with E-state index in [1.54, 1.807) is 12.1 Å². The van der Waals surface area contributed by atoms with Crippen LogP contribution < -0.4 is 5.32 Å². The standard InChI is InChI=1S/C13H12FN3O/c14-9-2-3-10-8(7-9)1-4-11(10)16-13(18)12-5-6-15-17-12/h2-3,5-7,11H,1,4H2,(H,15,17)(H,16,18)/t11-/m0/s1. The molecule has 1 aromatic carbocycles. The fraction of sp³-hybridized carbons (Fsp3) is 0.231. The number of nitrogens with one attached hydrogen (secondary N) is 2. The monoisotopic (exact) mass is 245 g/mol. The number of fused-ring (bicyclic) bond motifs is 1. The number of amides is 1. The zero-order chi connectivity index (χ0) is 12.5. The molecular weight excluding hydrogens is 233 g/mol. The third-order valence-electron chi connectivity index (χ3n) is 3.23. The van der Waals surface area contributed by atoms with E-state index >= 15 is 0 Å². The summed E-state index contributed by atoms with van der Waals surface area (Å²) in [5.41, 5.74) is 2.42. The van der Waals surface area contributed by atoms with Gasteiger partial charge in [0.1, 0.15) is 11.5 Å². The minimum Gasteiger partial charge on any atom is -0.344 e. The predicted octanol–water partition coefficient (Wildman–Crippen LogP) is 1.97. The van der Waals surface area contributed by atoms with E-state index in [0.717, 1.165) is 24.0 Å². The van der Waals surface area contributed by atoms with Crippen molar-refractivity contribution in [3.63, 3.8) is 0 Å². The van der Waals surface area contributed by atoms with Crippen molar-refractivity contribution in [2.24, 2.45) is 0 Å². The van der Waals surface area contributed by atoms with E-state index in [4.69, 9.17) is 0 Å². The first kappa shape index (κ1) is 11.0. The van der Waals surface area contributed by atoms with Gasteiger partial charge in [0, 0.05) is 6.20 Å². The summed E-state index contributed by atoms with van der Waals surface area (Å²) < 4.78 is 13.1. The van der Waals surface area contributed by atoms with Crippen LogP contribution in [0.3, 0.4) is 0 Å². The highest BCUT2D eigenvalue weighted by atomic mass is 19.1. The Hall–Kier alpha value is -2.17. The van der Waals surface area contributed by atoms with Gasteiger partial charge in [0.2, 0.25) is 0 Å². The molecule has 1 heterocycles. The quantitative estimate of drug-likeness (QED) is 0.849. The first-order valence-electron chi connectivity index (χ1n) is 5.82. The highest BCUT2D eigenvalue weighted by Crippen LogP contribution is 2.31. The lowest BCUT2D eigenvalue weighted by molar-refractivity contribution is 0.0931. The maximum absolute atomic E-state index is 13.1. The lowest BCUT2D eigenvalue weighted by Gasteiger charge is -2.13. The minimum absolute atomic E-state index is 0.0450. The molecule has 2 N–H and O–H groups in total. The van der Waals surface area contributed by atoms with Gasteiger partial charge in [-0.05, 0) is 42.2 Å². The molecule has 1 amide bonds. The van der Waals surface area contributed by atoms with Crippen LogP contribution in [0.15, 0.2) is 30.5 Å². The molecule has 0 saturated heterocycles. The summed E-state index contributed by atoms with van der Waals surface area (Å²) in [6, 6.07) is 6.29. The summed E-state index contributed by atoms with van der Waals surface area (Å²) in [5, 5.41) is 9.28. The molecule has 4 nitrogen and oxygen atoms in total. The maximum Gasteiger partial charge on any atom is 0.269 e. The Kier molecular flexibility index (Phi) is 2.59. The number of halogens is 1. The Morgan fingerprint density at radius 2 is 2.33 bits per heavy atom. The van der Waals surface area contributed by atoms with Crippen molar-refractivity contribution >= 4 is 5.91 Å². The molecule has 0 fully saturated rings. The molecule has 0 unspecified atom stereocenters. The summed E-state index contributed by atoms with van der Waals surface area (Å²) in [6.45, 7) is 0. The highest BCUT2D eigenvalue weighted by molar-refractivity contribution is 5.92. The second-order valence-corrected chi connectivity index (χ2v) is 4.38. The Balaban J connectivity index is 1.79. The molecule has 18 heavy (non-hydrogen) atoms. The summed E-state index contributed by atoms with van der Waals surface area (Å²) in [6.07, 6.45) is 3.13. The van der Waals surface area contributed by atoms with Crippen LogP contribution in [0.5, 0.6) is 0 Å². The van der Waals surface area contributed by atoms with Gasteiger partial charge >= 0.3 is 0 Å². The molecular formula is C13H12FN3O. The summed E-state index contributed by atoms with van der Waals surface area (Å²) in [5.74, 6) is -0.413. The molecule has 1 aliphatic carbocycles. The Morgan fingerprint density at radius 3 is 3.11 bits per heavy atom. The van der Waals surface area contributed by atoms with E-state index in [-0.39, 0.29) is 17.8 Å². The van der Waals surface area contributed by atoms with Crippen molar-refractivity contribution in [3.8, 4) is 0 Å². The van der Waals surface area contributed by atoms with Crippen molar-refractivity contribution in [3.05, 3.63) is 53.1 Å². The SMILES string of the molecule is O=C(N[C@H]1CCc2cc(F)ccc21)c1ccn[nH]1.